The molecule has 1 aromatic heterocycles. The number of benzene rings is 3. The van der Waals surface area contributed by atoms with Gasteiger partial charge in [-0.1, -0.05) is 35.9 Å². The molecule has 0 saturated heterocycles. The molecule has 0 bridgehead atoms. The highest BCUT2D eigenvalue weighted by Gasteiger charge is 2.18. The van der Waals surface area contributed by atoms with E-state index in [1.807, 2.05) is 32.0 Å². The van der Waals surface area contributed by atoms with Gasteiger partial charge >= 0.3 is 6.03 Å². The molecule has 0 aliphatic rings. The van der Waals surface area contributed by atoms with Gasteiger partial charge in [-0.15, -0.1) is 0 Å². The number of aromatic amines is 1. The maximum atomic E-state index is 13.4. The molecule has 0 unspecified atom stereocenters. The highest BCUT2D eigenvalue weighted by molar-refractivity contribution is 6.30. The Balaban J connectivity index is 1.66. The predicted octanol–water partition coefficient (Wildman–Crippen LogP) is 6.17. The second-order valence-corrected chi connectivity index (χ2v) is 8.45. The molecule has 168 valence electrons. The molecule has 4 rings (SSSR count). The molecule has 7 heteroatoms. The minimum atomic E-state index is -0.388. The maximum absolute atomic E-state index is 13.4. The van der Waals surface area contributed by atoms with E-state index in [1.165, 1.54) is 17.0 Å². The third-order valence-electron chi connectivity index (χ3n) is 5.66. The maximum Gasteiger partial charge on any atom is 0.322 e. The third-order valence-corrected chi connectivity index (χ3v) is 5.91. The summed E-state index contributed by atoms with van der Waals surface area (Å²) < 4.78 is 13.4. The number of hydrogen-bond acceptors (Lipinski definition) is 2. The molecule has 5 nitrogen and oxygen atoms in total. The molecule has 3 aromatic carbocycles. The van der Waals surface area contributed by atoms with Gasteiger partial charge in [0, 0.05) is 22.8 Å². The van der Waals surface area contributed by atoms with Gasteiger partial charge in [-0.2, -0.15) is 0 Å². The largest absolute Gasteiger partial charge is 0.322 e. The molecular weight excluding hydrogens is 441 g/mol. The van der Waals surface area contributed by atoms with Crippen molar-refractivity contribution in [2.24, 2.45) is 0 Å². The van der Waals surface area contributed by atoms with Gasteiger partial charge in [0.05, 0.1) is 12.1 Å². The molecule has 2 N–H and O–H groups in total. The normalized spacial score (nSPS) is 10.9. The Bertz CT molecular complexity index is 1370. The fourth-order valence-electron chi connectivity index (χ4n) is 3.64. The number of anilines is 1. The number of amides is 2. The summed E-state index contributed by atoms with van der Waals surface area (Å²) in [6.07, 6.45) is 0. The number of urea groups is 1. The van der Waals surface area contributed by atoms with Crippen molar-refractivity contribution in [3.05, 3.63) is 110 Å². The molecule has 0 aliphatic carbocycles. The highest BCUT2D eigenvalue weighted by atomic mass is 35.5. The Morgan fingerprint density at radius 3 is 2.39 bits per heavy atom. The molecule has 0 spiro atoms. The molecule has 33 heavy (non-hydrogen) atoms. The summed E-state index contributed by atoms with van der Waals surface area (Å²) in [5, 5.41) is 4.29. The van der Waals surface area contributed by atoms with Gasteiger partial charge in [0.1, 0.15) is 5.82 Å². The smallest absolute Gasteiger partial charge is 0.321 e. The predicted molar refractivity (Wildman–Crippen MR) is 130 cm³/mol. The van der Waals surface area contributed by atoms with Crippen LogP contribution < -0.4 is 10.9 Å². The lowest BCUT2D eigenvalue weighted by Crippen LogP contribution is -2.35. The summed E-state index contributed by atoms with van der Waals surface area (Å²) in [6.45, 7) is 4.24. The van der Waals surface area contributed by atoms with Gasteiger partial charge in [-0.25, -0.2) is 9.18 Å². The van der Waals surface area contributed by atoms with E-state index in [4.69, 9.17) is 11.6 Å². The molecule has 4 aromatic rings. The monoisotopic (exact) mass is 463 g/mol. The Labute approximate surface area is 195 Å². The zero-order valence-corrected chi connectivity index (χ0v) is 19.0. The summed E-state index contributed by atoms with van der Waals surface area (Å²) in [6, 6.07) is 18.1. The number of carbonyl (C=O) groups excluding carboxylic acids is 1. The number of aromatic nitrogens is 1. The third kappa shape index (κ3) is 5.23. The van der Waals surface area contributed by atoms with Crippen molar-refractivity contribution in [3.63, 3.8) is 0 Å². The van der Waals surface area contributed by atoms with Crippen LogP contribution in [0.1, 0.15) is 22.3 Å². The number of fused-ring (bicyclic) bond motifs is 1. The van der Waals surface area contributed by atoms with Gasteiger partial charge in [0.2, 0.25) is 0 Å². The lowest BCUT2D eigenvalue weighted by atomic mass is 10.0. The number of nitrogens with one attached hydrogen (secondary N) is 2. The number of H-pyrrole nitrogens is 1. The van der Waals surface area contributed by atoms with E-state index >= 15 is 0 Å². The van der Waals surface area contributed by atoms with E-state index in [0.29, 0.717) is 16.3 Å². The topological polar surface area (TPSA) is 65.2 Å². The fraction of sp³-hybridized carbons (Fsp3) is 0.154. The van der Waals surface area contributed by atoms with Crippen molar-refractivity contribution in [1.82, 2.24) is 9.88 Å². The van der Waals surface area contributed by atoms with Crippen LogP contribution in [0.15, 0.2) is 71.5 Å². The van der Waals surface area contributed by atoms with Gasteiger partial charge in [0.15, 0.2) is 0 Å². The SMILES string of the molecule is Cc1ccc2cc(CN(Cc3ccc(F)cc3)C(=O)Nc3ccc(Cl)cc3)c(=O)[nH]c2c1C. The zero-order chi connectivity index (χ0) is 23.5. The molecule has 0 saturated carbocycles. The van der Waals surface area contributed by atoms with Gasteiger partial charge in [-0.05, 0) is 78.4 Å². The Morgan fingerprint density at radius 1 is 1.00 bits per heavy atom. The second-order valence-electron chi connectivity index (χ2n) is 8.01. The van der Waals surface area contributed by atoms with E-state index in [9.17, 15) is 14.0 Å². The summed E-state index contributed by atoms with van der Waals surface area (Å²) in [5.41, 5.74) is 4.42. The van der Waals surface area contributed by atoms with Crippen molar-refractivity contribution in [1.29, 1.82) is 0 Å². The molecule has 0 fully saturated rings. The molecule has 0 radical (unpaired) electrons. The minimum Gasteiger partial charge on any atom is -0.321 e. The summed E-state index contributed by atoms with van der Waals surface area (Å²) >= 11 is 5.93. The first-order valence-corrected chi connectivity index (χ1v) is 10.9. The van der Waals surface area contributed by atoms with Crippen molar-refractivity contribution < 1.29 is 9.18 Å². The zero-order valence-electron chi connectivity index (χ0n) is 18.3. The average molecular weight is 464 g/mol. The molecule has 0 atom stereocenters. The first-order chi connectivity index (χ1) is 15.8. The van der Waals surface area contributed by atoms with Crippen LogP contribution in [0.25, 0.3) is 10.9 Å². The standard InChI is InChI=1S/C26H23ClFN3O2/c1-16-3-6-19-13-20(25(32)30-24(19)17(16)2)15-31(14-18-4-9-22(28)10-5-18)26(33)29-23-11-7-21(27)8-12-23/h3-13H,14-15H2,1-2H3,(H,29,33)(H,30,32). The van der Waals surface area contributed by atoms with Crippen LogP contribution in [-0.4, -0.2) is 15.9 Å². The molecule has 2 amide bonds. The second kappa shape index (κ2) is 9.46. The van der Waals surface area contributed by atoms with Crippen LogP contribution in [0, 0.1) is 19.7 Å². The van der Waals surface area contributed by atoms with Crippen LogP contribution in [0.3, 0.4) is 0 Å². The quantitative estimate of drug-likeness (QED) is 0.371. The number of hydrogen-bond donors (Lipinski definition) is 2. The van der Waals surface area contributed by atoms with Gasteiger partial charge < -0.3 is 15.2 Å². The van der Waals surface area contributed by atoms with E-state index in [2.05, 4.69) is 10.3 Å². The lowest BCUT2D eigenvalue weighted by Gasteiger charge is -2.23. The van der Waals surface area contributed by atoms with E-state index in [1.54, 1.807) is 36.4 Å². The van der Waals surface area contributed by atoms with Gasteiger partial charge in [0.25, 0.3) is 5.56 Å². The van der Waals surface area contributed by atoms with Crippen LogP contribution in [0.5, 0.6) is 0 Å². The lowest BCUT2D eigenvalue weighted by molar-refractivity contribution is 0.206. The molecule has 0 aliphatic heterocycles. The number of carbonyl (C=O) groups is 1. The van der Waals surface area contributed by atoms with Gasteiger partial charge in [-0.3, -0.25) is 4.79 Å². The van der Waals surface area contributed by atoms with E-state index in [0.717, 1.165) is 27.6 Å². The van der Waals surface area contributed by atoms with Crippen molar-refractivity contribution in [3.8, 4) is 0 Å². The Kier molecular flexibility index (Phi) is 6.47. The van der Waals surface area contributed by atoms with Crippen molar-refractivity contribution in [2.75, 3.05) is 5.32 Å². The summed E-state index contributed by atoms with van der Waals surface area (Å²) in [7, 11) is 0. The first-order valence-electron chi connectivity index (χ1n) is 10.5. The number of aryl methyl sites for hydroxylation is 2. The Hall–Kier alpha value is -3.64. The number of halogens is 2. The summed E-state index contributed by atoms with van der Waals surface area (Å²) in [5.74, 6) is -0.354. The molecular formula is C26H23ClFN3O2. The Morgan fingerprint density at radius 2 is 1.70 bits per heavy atom. The molecule has 1 heterocycles. The van der Waals surface area contributed by atoms with Crippen molar-refractivity contribution >= 4 is 34.2 Å². The average Bonchev–Trinajstić information content (AvgIpc) is 2.80. The van der Waals surface area contributed by atoms with E-state index in [-0.39, 0.29) is 30.5 Å². The van der Waals surface area contributed by atoms with E-state index < -0.39 is 0 Å². The minimum absolute atomic E-state index is 0.0784. The van der Waals surface area contributed by atoms with Crippen LogP contribution in [0.2, 0.25) is 5.02 Å². The van der Waals surface area contributed by atoms with Crippen LogP contribution in [0.4, 0.5) is 14.9 Å². The summed E-state index contributed by atoms with van der Waals surface area (Å²) in [4.78, 5) is 30.5. The first kappa shape index (κ1) is 22.6. The van der Waals surface area contributed by atoms with Crippen LogP contribution >= 0.6 is 11.6 Å². The van der Waals surface area contributed by atoms with Crippen LogP contribution in [-0.2, 0) is 13.1 Å². The highest BCUT2D eigenvalue weighted by Crippen LogP contribution is 2.20. The number of rotatable bonds is 5. The number of pyridine rings is 1. The van der Waals surface area contributed by atoms with Crippen molar-refractivity contribution in [2.45, 2.75) is 26.9 Å². The number of nitrogens with zero attached hydrogens (tertiary/aromatic N) is 1. The fourth-order valence-corrected chi connectivity index (χ4v) is 3.76.